The molecule has 0 aromatic heterocycles. The number of nitrogens with two attached hydrogens (primary N) is 1. The molecule has 1 fully saturated rings. The van der Waals surface area contributed by atoms with Crippen molar-refractivity contribution in [2.24, 2.45) is 11.7 Å². The Kier molecular flexibility index (Phi) is 7.47. The minimum absolute atomic E-state index is 0. The minimum atomic E-state index is -3.23. The van der Waals surface area contributed by atoms with Crippen LogP contribution in [0.2, 0.25) is 0 Å². The lowest BCUT2D eigenvalue weighted by Crippen LogP contribution is -2.43. The molecule has 0 radical (unpaired) electrons. The standard InChI is InChI=1S/C15H23N3O3S.ClH/c1-22(20,21)18-13-9-5-8-12(13)10-17-15(19)14(16)11-6-3-2-4-7-11;/h2-4,6-7,12-14,18H,5,8-10,16H2,1H3,(H,17,19);1H. The van der Waals surface area contributed by atoms with Crippen molar-refractivity contribution >= 4 is 28.3 Å². The molecular weight excluding hydrogens is 338 g/mol. The van der Waals surface area contributed by atoms with Gasteiger partial charge in [0.2, 0.25) is 15.9 Å². The Morgan fingerprint density at radius 1 is 1.30 bits per heavy atom. The topological polar surface area (TPSA) is 101 Å². The Labute approximate surface area is 143 Å². The van der Waals surface area contributed by atoms with Gasteiger partial charge in [-0.15, -0.1) is 12.4 Å². The Morgan fingerprint density at radius 3 is 2.57 bits per heavy atom. The Balaban J connectivity index is 0.00000264. The summed E-state index contributed by atoms with van der Waals surface area (Å²) in [7, 11) is -3.23. The van der Waals surface area contributed by atoms with E-state index in [-0.39, 0.29) is 30.3 Å². The fourth-order valence-electron chi connectivity index (χ4n) is 2.86. The van der Waals surface area contributed by atoms with Gasteiger partial charge in [0, 0.05) is 12.6 Å². The second kappa shape index (κ2) is 8.63. The van der Waals surface area contributed by atoms with E-state index in [9.17, 15) is 13.2 Å². The fraction of sp³-hybridized carbons (Fsp3) is 0.533. The molecule has 8 heteroatoms. The number of rotatable bonds is 6. The first-order chi connectivity index (χ1) is 10.4. The van der Waals surface area contributed by atoms with Crippen LogP contribution in [0.4, 0.5) is 0 Å². The van der Waals surface area contributed by atoms with Crippen LogP contribution in [0.15, 0.2) is 30.3 Å². The molecule has 0 aliphatic heterocycles. The molecule has 1 aromatic rings. The third-order valence-electron chi connectivity index (χ3n) is 4.00. The highest BCUT2D eigenvalue weighted by Gasteiger charge is 2.30. The lowest BCUT2D eigenvalue weighted by atomic mass is 10.0. The molecular formula is C15H24ClN3O3S. The van der Waals surface area contributed by atoms with E-state index in [0.717, 1.165) is 31.1 Å². The molecule has 1 aliphatic rings. The van der Waals surface area contributed by atoms with E-state index < -0.39 is 16.1 Å². The first-order valence-electron chi connectivity index (χ1n) is 7.42. The van der Waals surface area contributed by atoms with Gasteiger partial charge in [-0.05, 0) is 24.3 Å². The number of benzene rings is 1. The molecule has 23 heavy (non-hydrogen) atoms. The maximum atomic E-state index is 12.1. The van der Waals surface area contributed by atoms with Crippen molar-refractivity contribution in [2.75, 3.05) is 12.8 Å². The molecule has 4 N–H and O–H groups in total. The van der Waals surface area contributed by atoms with E-state index in [0.29, 0.717) is 6.54 Å². The molecule has 6 nitrogen and oxygen atoms in total. The number of nitrogens with one attached hydrogen (secondary N) is 2. The maximum Gasteiger partial charge on any atom is 0.241 e. The van der Waals surface area contributed by atoms with E-state index in [1.165, 1.54) is 0 Å². The van der Waals surface area contributed by atoms with Crippen molar-refractivity contribution in [3.8, 4) is 0 Å². The van der Waals surface area contributed by atoms with Crippen LogP contribution in [0, 0.1) is 5.92 Å². The molecule has 1 amide bonds. The molecule has 0 spiro atoms. The molecule has 0 heterocycles. The Bertz CT molecular complexity index is 610. The van der Waals surface area contributed by atoms with Gasteiger partial charge in [-0.1, -0.05) is 36.8 Å². The predicted octanol–water partition coefficient (Wildman–Crippen LogP) is 0.942. The SMILES string of the molecule is CS(=O)(=O)NC1CCCC1CNC(=O)C(N)c1ccccc1.Cl. The van der Waals surface area contributed by atoms with Gasteiger partial charge >= 0.3 is 0 Å². The number of hydrogen-bond acceptors (Lipinski definition) is 4. The van der Waals surface area contributed by atoms with Crippen LogP contribution < -0.4 is 15.8 Å². The summed E-state index contributed by atoms with van der Waals surface area (Å²) in [6, 6.07) is 8.36. The zero-order chi connectivity index (χ0) is 16.2. The summed E-state index contributed by atoms with van der Waals surface area (Å²) in [4.78, 5) is 12.1. The third-order valence-corrected chi connectivity index (χ3v) is 4.74. The van der Waals surface area contributed by atoms with Gasteiger partial charge < -0.3 is 11.1 Å². The number of halogens is 1. The summed E-state index contributed by atoms with van der Waals surface area (Å²) in [5.41, 5.74) is 6.70. The van der Waals surface area contributed by atoms with Crippen LogP contribution in [0.3, 0.4) is 0 Å². The molecule has 1 aromatic carbocycles. The summed E-state index contributed by atoms with van der Waals surface area (Å²) in [6.07, 6.45) is 3.82. The summed E-state index contributed by atoms with van der Waals surface area (Å²) in [6.45, 7) is 0.437. The summed E-state index contributed by atoms with van der Waals surface area (Å²) >= 11 is 0. The fourth-order valence-corrected chi connectivity index (χ4v) is 3.72. The van der Waals surface area contributed by atoms with Gasteiger partial charge in [-0.3, -0.25) is 4.79 Å². The first-order valence-corrected chi connectivity index (χ1v) is 9.31. The third kappa shape index (κ3) is 6.10. The second-order valence-electron chi connectivity index (χ2n) is 5.82. The predicted molar refractivity (Wildman–Crippen MR) is 92.7 cm³/mol. The monoisotopic (exact) mass is 361 g/mol. The second-order valence-corrected chi connectivity index (χ2v) is 7.60. The first kappa shape index (κ1) is 19.9. The molecule has 2 rings (SSSR count). The highest BCUT2D eigenvalue weighted by molar-refractivity contribution is 7.88. The van der Waals surface area contributed by atoms with E-state index in [1.54, 1.807) is 0 Å². The van der Waals surface area contributed by atoms with Crippen molar-refractivity contribution in [2.45, 2.75) is 31.3 Å². The zero-order valence-electron chi connectivity index (χ0n) is 13.1. The zero-order valence-corrected chi connectivity index (χ0v) is 14.7. The van der Waals surface area contributed by atoms with Gasteiger partial charge in [0.25, 0.3) is 0 Å². The molecule has 1 aliphatic carbocycles. The number of hydrogen-bond donors (Lipinski definition) is 3. The van der Waals surface area contributed by atoms with Crippen molar-refractivity contribution in [3.05, 3.63) is 35.9 Å². The number of sulfonamides is 1. The minimum Gasteiger partial charge on any atom is -0.354 e. The van der Waals surface area contributed by atoms with E-state index in [1.807, 2.05) is 30.3 Å². The van der Waals surface area contributed by atoms with Crippen LogP contribution in [-0.2, 0) is 14.8 Å². The Morgan fingerprint density at radius 2 is 1.96 bits per heavy atom. The summed E-state index contributed by atoms with van der Waals surface area (Å²) in [5, 5.41) is 2.84. The number of carbonyl (C=O) groups is 1. The van der Waals surface area contributed by atoms with Crippen molar-refractivity contribution in [1.82, 2.24) is 10.0 Å². The average molecular weight is 362 g/mol. The van der Waals surface area contributed by atoms with E-state index >= 15 is 0 Å². The van der Waals surface area contributed by atoms with Crippen molar-refractivity contribution < 1.29 is 13.2 Å². The van der Waals surface area contributed by atoms with Gasteiger partial charge in [-0.2, -0.15) is 0 Å². The molecule has 3 unspecified atom stereocenters. The molecule has 3 atom stereocenters. The van der Waals surface area contributed by atoms with E-state index in [2.05, 4.69) is 10.0 Å². The number of amides is 1. The maximum absolute atomic E-state index is 12.1. The average Bonchev–Trinajstić information content (AvgIpc) is 2.90. The van der Waals surface area contributed by atoms with Crippen LogP contribution in [-0.4, -0.2) is 33.2 Å². The summed E-state index contributed by atoms with van der Waals surface area (Å²) in [5.74, 6) is -0.127. The lowest BCUT2D eigenvalue weighted by molar-refractivity contribution is -0.122. The van der Waals surface area contributed by atoms with Gasteiger partial charge in [0.1, 0.15) is 6.04 Å². The van der Waals surface area contributed by atoms with Crippen LogP contribution in [0.25, 0.3) is 0 Å². The number of carbonyl (C=O) groups excluding carboxylic acids is 1. The summed E-state index contributed by atoms with van der Waals surface area (Å²) < 4.78 is 25.3. The van der Waals surface area contributed by atoms with Crippen LogP contribution in [0.1, 0.15) is 30.9 Å². The largest absolute Gasteiger partial charge is 0.354 e. The van der Waals surface area contributed by atoms with E-state index in [4.69, 9.17) is 5.73 Å². The highest BCUT2D eigenvalue weighted by Crippen LogP contribution is 2.25. The highest BCUT2D eigenvalue weighted by atomic mass is 35.5. The van der Waals surface area contributed by atoms with Gasteiger partial charge in [0.15, 0.2) is 0 Å². The van der Waals surface area contributed by atoms with Gasteiger partial charge in [-0.25, -0.2) is 13.1 Å². The lowest BCUT2D eigenvalue weighted by Gasteiger charge is -2.21. The molecule has 130 valence electrons. The molecule has 1 saturated carbocycles. The normalized spacial score (nSPS) is 22.2. The smallest absolute Gasteiger partial charge is 0.241 e. The van der Waals surface area contributed by atoms with Crippen molar-refractivity contribution in [1.29, 1.82) is 0 Å². The van der Waals surface area contributed by atoms with Gasteiger partial charge in [0.05, 0.1) is 6.26 Å². The van der Waals surface area contributed by atoms with Crippen LogP contribution >= 0.6 is 12.4 Å². The quantitative estimate of drug-likeness (QED) is 0.701. The van der Waals surface area contributed by atoms with Crippen molar-refractivity contribution in [3.63, 3.8) is 0 Å². The molecule has 0 saturated heterocycles. The molecule has 0 bridgehead atoms. The van der Waals surface area contributed by atoms with Crippen LogP contribution in [0.5, 0.6) is 0 Å². The Hall–Kier alpha value is -1.15.